The second kappa shape index (κ2) is 9.27. The third-order valence-corrected chi connectivity index (χ3v) is 4.24. The Morgan fingerprint density at radius 2 is 2.00 bits per heavy atom. The maximum atomic E-state index is 12.3. The molecule has 0 saturated heterocycles. The quantitative estimate of drug-likeness (QED) is 0.671. The standard InChI is InChI=1S/C18H27N3O3/c1-13-12-14(17(22)20-15-6-3-4-7-15)8-9-16(13)21-18(23)19-10-5-11-24-2/h8-9,12,15H,3-7,10-11H2,1-2H3,(H,20,22)(H2,19,21,23). The number of aryl methyl sites for hydroxylation is 1. The number of amides is 3. The van der Waals surface area contributed by atoms with E-state index in [1.807, 2.05) is 13.0 Å². The molecule has 0 aromatic heterocycles. The van der Waals surface area contributed by atoms with Gasteiger partial charge in [0.2, 0.25) is 0 Å². The van der Waals surface area contributed by atoms with Crippen molar-refractivity contribution >= 4 is 17.6 Å². The molecule has 1 saturated carbocycles. The average molecular weight is 333 g/mol. The highest BCUT2D eigenvalue weighted by Gasteiger charge is 2.18. The molecule has 0 spiro atoms. The maximum absolute atomic E-state index is 12.3. The SMILES string of the molecule is COCCCNC(=O)Nc1ccc(C(=O)NC2CCCC2)cc1C. The Labute approximate surface area is 143 Å². The van der Waals surface area contributed by atoms with Gasteiger partial charge in [0.1, 0.15) is 0 Å². The third kappa shape index (κ3) is 5.53. The predicted molar refractivity (Wildman–Crippen MR) is 94.4 cm³/mol. The zero-order chi connectivity index (χ0) is 17.4. The van der Waals surface area contributed by atoms with E-state index in [1.54, 1.807) is 19.2 Å². The number of carbonyl (C=O) groups excluding carboxylic acids is 2. The summed E-state index contributed by atoms with van der Waals surface area (Å²) in [6, 6.07) is 5.38. The number of anilines is 1. The summed E-state index contributed by atoms with van der Waals surface area (Å²) in [7, 11) is 1.63. The number of hydrogen-bond donors (Lipinski definition) is 3. The summed E-state index contributed by atoms with van der Waals surface area (Å²) in [6.07, 6.45) is 5.27. The van der Waals surface area contributed by atoms with Crippen molar-refractivity contribution in [3.05, 3.63) is 29.3 Å². The van der Waals surface area contributed by atoms with Crippen molar-refractivity contribution in [3.8, 4) is 0 Å². The summed E-state index contributed by atoms with van der Waals surface area (Å²) >= 11 is 0. The molecule has 6 nitrogen and oxygen atoms in total. The molecule has 0 heterocycles. The number of hydrogen-bond acceptors (Lipinski definition) is 3. The molecule has 0 aliphatic heterocycles. The molecule has 1 aromatic rings. The lowest BCUT2D eigenvalue weighted by Crippen LogP contribution is -2.32. The Bertz CT molecular complexity index is 569. The fourth-order valence-corrected chi connectivity index (χ4v) is 2.87. The van der Waals surface area contributed by atoms with Crippen LogP contribution < -0.4 is 16.0 Å². The Morgan fingerprint density at radius 1 is 1.25 bits per heavy atom. The summed E-state index contributed by atoms with van der Waals surface area (Å²) in [5, 5.41) is 8.65. The molecule has 0 unspecified atom stereocenters. The Kier molecular flexibility index (Phi) is 7.06. The average Bonchev–Trinajstić information content (AvgIpc) is 3.06. The van der Waals surface area contributed by atoms with Crippen molar-refractivity contribution in [1.29, 1.82) is 0 Å². The minimum atomic E-state index is -0.252. The first-order valence-electron chi connectivity index (χ1n) is 8.55. The molecule has 3 amide bonds. The molecule has 24 heavy (non-hydrogen) atoms. The predicted octanol–water partition coefficient (Wildman–Crippen LogP) is 2.83. The van der Waals surface area contributed by atoms with Gasteiger partial charge in [0, 0.05) is 37.6 Å². The summed E-state index contributed by atoms with van der Waals surface area (Å²) in [5.74, 6) is -0.0411. The van der Waals surface area contributed by atoms with Crippen molar-refractivity contribution < 1.29 is 14.3 Å². The van der Waals surface area contributed by atoms with Gasteiger partial charge in [-0.05, 0) is 49.9 Å². The zero-order valence-electron chi connectivity index (χ0n) is 14.5. The molecule has 0 atom stereocenters. The van der Waals surface area contributed by atoms with Crippen molar-refractivity contribution in [2.45, 2.75) is 45.1 Å². The van der Waals surface area contributed by atoms with E-state index in [0.29, 0.717) is 30.4 Å². The van der Waals surface area contributed by atoms with E-state index in [1.165, 1.54) is 12.8 Å². The van der Waals surface area contributed by atoms with Gasteiger partial charge in [0.05, 0.1) is 0 Å². The summed E-state index contributed by atoms with van der Waals surface area (Å²) < 4.78 is 4.93. The normalized spacial score (nSPS) is 14.4. The first kappa shape index (κ1) is 18.3. The number of rotatable bonds is 7. The van der Waals surface area contributed by atoms with Gasteiger partial charge >= 0.3 is 6.03 Å². The van der Waals surface area contributed by atoms with E-state index in [0.717, 1.165) is 24.8 Å². The minimum Gasteiger partial charge on any atom is -0.385 e. The zero-order valence-corrected chi connectivity index (χ0v) is 14.5. The van der Waals surface area contributed by atoms with Gasteiger partial charge in [-0.2, -0.15) is 0 Å². The van der Waals surface area contributed by atoms with Gasteiger partial charge < -0.3 is 20.7 Å². The summed E-state index contributed by atoms with van der Waals surface area (Å²) in [4.78, 5) is 24.1. The van der Waals surface area contributed by atoms with Crippen LogP contribution in [0.25, 0.3) is 0 Å². The van der Waals surface area contributed by atoms with Crippen LogP contribution in [0.2, 0.25) is 0 Å². The number of benzene rings is 1. The molecule has 1 aromatic carbocycles. The van der Waals surface area contributed by atoms with E-state index in [9.17, 15) is 9.59 Å². The number of methoxy groups -OCH3 is 1. The maximum Gasteiger partial charge on any atom is 0.319 e. The highest BCUT2D eigenvalue weighted by molar-refractivity contribution is 5.96. The van der Waals surface area contributed by atoms with Gasteiger partial charge in [0.25, 0.3) is 5.91 Å². The number of ether oxygens (including phenoxy) is 1. The second-order valence-corrected chi connectivity index (χ2v) is 6.21. The topological polar surface area (TPSA) is 79.5 Å². The van der Waals surface area contributed by atoms with Crippen molar-refractivity contribution in [2.75, 3.05) is 25.6 Å². The van der Waals surface area contributed by atoms with Crippen LogP contribution in [-0.2, 0) is 4.74 Å². The van der Waals surface area contributed by atoms with Gasteiger partial charge in [-0.3, -0.25) is 4.79 Å². The lowest BCUT2D eigenvalue weighted by molar-refractivity contribution is 0.0938. The molecule has 1 aliphatic carbocycles. The highest BCUT2D eigenvalue weighted by atomic mass is 16.5. The molecule has 1 aliphatic rings. The molecule has 2 rings (SSSR count). The lowest BCUT2D eigenvalue weighted by Gasteiger charge is -2.14. The van der Waals surface area contributed by atoms with Crippen LogP contribution in [0.15, 0.2) is 18.2 Å². The van der Waals surface area contributed by atoms with Gasteiger partial charge in [-0.25, -0.2) is 4.79 Å². The van der Waals surface area contributed by atoms with Crippen LogP contribution in [0, 0.1) is 6.92 Å². The summed E-state index contributed by atoms with van der Waals surface area (Å²) in [5.41, 5.74) is 2.20. The van der Waals surface area contributed by atoms with Crippen LogP contribution in [0.1, 0.15) is 48.0 Å². The Hall–Kier alpha value is -2.08. The van der Waals surface area contributed by atoms with E-state index in [2.05, 4.69) is 16.0 Å². The van der Waals surface area contributed by atoms with E-state index in [4.69, 9.17) is 4.74 Å². The van der Waals surface area contributed by atoms with Crippen LogP contribution >= 0.6 is 0 Å². The van der Waals surface area contributed by atoms with Gasteiger partial charge in [-0.15, -0.1) is 0 Å². The van der Waals surface area contributed by atoms with Gasteiger partial charge in [-0.1, -0.05) is 12.8 Å². The molecule has 1 fully saturated rings. The fourth-order valence-electron chi connectivity index (χ4n) is 2.87. The Morgan fingerprint density at radius 3 is 2.67 bits per heavy atom. The van der Waals surface area contributed by atoms with Gasteiger partial charge in [0.15, 0.2) is 0 Å². The molecular formula is C18H27N3O3. The Balaban J connectivity index is 1.86. The number of nitrogens with one attached hydrogen (secondary N) is 3. The molecule has 6 heteroatoms. The lowest BCUT2D eigenvalue weighted by atomic mass is 10.1. The van der Waals surface area contributed by atoms with Crippen LogP contribution in [0.5, 0.6) is 0 Å². The van der Waals surface area contributed by atoms with Crippen molar-refractivity contribution in [1.82, 2.24) is 10.6 Å². The minimum absolute atomic E-state index is 0.0411. The largest absolute Gasteiger partial charge is 0.385 e. The van der Waals surface area contributed by atoms with E-state index >= 15 is 0 Å². The third-order valence-electron chi connectivity index (χ3n) is 4.24. The molecule has 3 N–H and O–H groups in total. The molecular weight excluding hydrogens is 306 g/mol. The van der Waals surface area contributed by atoms with Crippen molar-refractivity contribution in [2.24, 2.45) is 0 Å². The van der Waals surface area contributed by atoms with Crippen LogP contribution in [0.3, 0.4) is 0 Å². The molecule has 0 radical (unpaired) electrons. The smallest absolute Gasteiger partial charge is 0.319 e. The first-order valence-corrected chi connectivity index (χ1v) is 8.55. The van der Waals surface area contributed by atoms with E-state index < -0.39 is 0 Å². The summed E-state index contributed by atoms with van der Waals surface area (Å²) in [6.45, 7) is 3.05. The van der Waals surface area contributed by atoms with Crippen LogP contribution in [0.4, 0.5) is 10.5 Å². The molecule has 132 valence electrons. The van der Waals surface area contributed by atoms with Crippen molar-refractivity contribution in [3.63, 3.8) is 0 Å². The molecule has 0 bridgehead atoms. The number of urea groups is 1. The van der Waals surface area contributed by atoms with E-state index in [-0.39, 0.29) is 11.9 Å². The second-order valence-electron chi connectivity index (χ2n) is 6.21. The number of carbonyl (C=O) groups is 2. The monoisotopic (exact) mass is 333 g/mol. The van der Waals surface area contributed by atoms with Crippen LogP contribution in [-0.4, -0.2) is 38.2 Å². The first-order chi connectivity index (χ1) is 11.6. The highest BCUT2D eigenvalue weighted by Crippen LogP contribution is 2.20. The fraction of sp³-hybridized carbons (Fsp3) is 0.556.